The third kappa shape index (κ3) is 2.50. The molecule has 0 saturated heterocycles. The van der Waals surface area contributed by atoms with Gasteiger partial charge < -0.3 is 10.1 Å². The molecule has 0 spiro atoms. The number of rotatable bonds is 3. The molecule has 11 heteroatoms. The highest BCUT2D eigenvalue weighted by molar-refractivity contribution is 7.92. The van der Waals surface area contributed by atoms with Crippen molar-refractivity contribution in [2.24, 2.45) is 0 Å². The van der Waals surface area contributed by atoms with Crippen LogP contribution in [0.2, 0.25) is 0 Å². The minimum absolute atomic E-state index is 0.0653. The Balaban J connectivity index is 1.93. The van der Waals surface area contributed by atoms with Gasteiger partial charge in [0, 0.05) is 0 Å². The van der Waals surface area contributed by atoms with Crippen molar-refractivity contribution in [3.8, 4) is 5.75 Å². The number of ether oxygens (including phenoxy) is 1. The van der Waals surface area contributed by atoms with Crippen LogP contribution >= 0.6 is 0 Å². The standard InChI is InChI=1S/C10H10N6O4S/c1-5-9(17)11-7-4-6(2-3-8(7)20-5)21(18,19)14-10-12-15-16-13-10/h2-5H,1H3,(H,11,17)(H2,12,13,14,15,16). The third-order valence-corrected chi connectivity index (χ3v) is 4.09. The Morgan fingerprint density at radius 2 is 2.19 bits per heavy atom. The molecule has 1 aliphatic rings. The molecule has 0 bridgehead atoms. The van der Waals surface area contributed by atoms with Gasteiger partial charge in [0.15, 0.2) is 6.10 Å². The van der Waals surface area contributed by atoms with E-state index >= 15 is 0 Å². The molecule has 21 heavy (non-hydrogen) atoms. The monoisotopic (exact) mass is 310 g/mol. The molecule has 0 radical (unpaired) electrons. The van der Waals surface area contributed by atoms with Crippen molar-refractivity contribution in [1.29, 1.82) is 0 Å². The van der Waals surface area contributed by atoms with Crippen LogP contribution in [0.1, 0.15) is 6.92 Å². The Bertz CT molecular complexity index is 788. The van der Waals surface area contributed by atoms with E-state index < -0.39 is 16.1 Å². The van der Waals surface area contributed by atoms with Gasteiger partial charge in [0.25, 0.3) is 21.9 Å². The zero-order valence-electron chi connectivity index (χ0n) is 10.7. The van der Waals surface area contributed by atoms with E-state index in [1.54, 1.807) is 6.92 Å². The molecule has 1 aliphatic heterocycles. The SMILES string of the molecule is CC1Oc2ccc(S(=O)(=O)Nc3nn[nH]n3)cc2NC1=O. The van der Waals surface area contributed by atoms with Crippen LogP contribution < -0.4 is 14.8 Å². The van der Waals surface area contributed by atoms with E-state index in [4.69, 9.17) is 4.74 Å². The molecule has 1 aromatic heterocycles. The van der Waals surface area contributed by atoms with Crippen LogP contribution in [0.4, 0.5) is 11.6 Å². The highest BCUT2D eigenvalue weighted by atomic mass is 32.2. The molecule has 3 rings (SSSR count). The zero-order valence-corrected chi connectivity index (χ0v) is 11.5. The second-order valence-electron chi connectivity index (χ2n) is 4.25. The van der Waals surface area contributed by atoms with Gasteiger partial charge in [0.2, 0.25) is 0 Å². The van der Waals surface area contributed by atoms with Gasteiger partial charge in [0.1, 0.15) is 5.75 Å². The number of anilines is 2. The van der Waals surface area contributed by atoms with Crippen LogP contribution in [-0.4, -0.2) is 41.1 Å². The van der Waals surface area contributed by atoms with Crippen LogP contribution in [-0.2, 0) is 14.8 Å². The van der Waals surface area contributed by atoms with Crippen molar-refractivity contribution in [2.45, 2.75) is 17.9 Å². The molecule has 2 heterocycles. The first-order chi connectivity index (χ1) is 9.95. The first kappa shape index (κ1) is 13.3. The van der Waals surface area contributed by atoms with E-state index in [1.807, 2.05) is 0 Å². The molecule has 3 N–H and O–H groups in total. The molecule has 0 fully saturated rings. The number of tetrazole rings is 1. The Labute approximate surface area is 118 Å². The number of carbonyl (C=O) groups excluding carboxylic acids is 1. The number of fused-ring (bicyclic) bond motifs is 1. The summed E-state index contributed by atoms with van der Waals surface area (Å²) in [4.78, 5) is 11.5. The number of hydrogen-bond donors (Lipinski definition) is 3. The van der Waals surface area contributed by atoms with Crippen molar-refractivity contribution in [1.82, 2.24) is 20.6 Å². The van der Waals surface area contributed by atoms with Gasteiger partial charge in [-0.3, -0.25) is 4.79 Å². The van der Waals surface area contributed by atoms with Crippen molar-refractivity contribution in [3.63, 3.8) is 0 Å². The third-order valence-electron chi connectivity index (χ3n) is 2.76. The van der Waals surface area contributed by atoms with Gasteiger partial charge in [0.05, 0.1) is 10.6 Å². The van der Waals surface area contributed by atoms with Crippen LogP contribution in [0.25, 0.3) is 0 Å². The van der Waals surface area contributed by atoms with Crippen molar-refractivity contribution < 1.29 is 17.9 Å². The van der Waals surface area contributed by atoms with Gasteiger partial charge >= 0.3 is 0 Å². The maximum atomic E-state index is 12.1. The summed E-state index contributed by atoms with van der Waals surface area (Å²) in [5, 5.41) is 15.0. The van der Waals surface area contributed by atoms with Gasteiger partial charge in [-0.25, -0.2) is 13.1 Å². The van der Waals surface area contributed by atoms with Gasteiger partial charge in [-0.15, -0.1) is 5.10 Å². The Morgan fingerprint density at radius 3 is 2.90 bits per heavy atom. The normalized spacial score (nSPS) is 17.6. The number of sulfonamides is 1. The summed E-state index contributed by atoms with van der Waals surface area (Å²) in [6.07, 6.45) is -0.627. The molecule has 1 atom stereocenters. The lowest BCUT2D eigenvalue weighted by Gasteiger charge is -2.23. The summed E-state index contributed by atoms with van der Waals surface area (Å²) < 4.78 is 31.8. The number of nitrogens with zero attached hydrogens (tertiary/aromatic N) is 3. The largest absolute Gasteiger partial charge is 0.479 e. The molecule has 10 nitrogen and oxygen atoms in total. The second-order valence-corrected chi connectivity index (χ2v) is 5.93. The van der Waals surface area contributed by atoms with E-state index in [0.717, 1.165) is 0 Å². The zero-order chi connectivity index (χ0) is 15.0. The van der Waals surface area contributed by atoms with E-state index in [2.05, 4.69) is 30.7 Å². The van der Waals surface area contributed by atoms with Crippen LogP contribution in [0.15, 0.2) is 23.1 Å². The summed E-state index contributed by atoms with van der Waals surface area (Å²) in [5.41, 5.74) is 0.286. The molecule has 0 aliphatic carbocycles. The number of hydrogen-bond acceptors (Lipinski definition) is 7. The van der Waals surface area contributed by atoms with E-state index in [9.17, 15) is 13.2 Å². The molecule has 110 valence electrons. The number of amides is 1. The maximum Gasteiger partial charge on any atom is 0.276 e. The van der Waals surface area contributed by atoms with Crippen LogP contribution in [0.5, 0.6) is 5.75 Å². The van der Waals surface area contributed by atoms with Gasteiger partial charge in [-0.05, 0) is 30.3 Å². The number of benzene rings is 1. The second kappa shape index (κ2) is 4.70. The van der Waals surface area contributed by atoms with Crippen LogP contribution in [0.3, 0.4) is 0 Å². The fourth-order valence-corrected chi connectivity index (χ4v) is 2.70. The highest BCUT2D eigenvalue weighted by Gasteiger charge is 2.26. The van der Waals surface area contributed by atoms with E-state index in [0.29, 0.717) is 5.75 Å². The summed E-state index contributed by atoms with van der Waals surface area (Å²) in [5.74, 6) is -0.120. The Morgan fingerprint density at radius 1 is 1.38 bits per heavy atom. The van der Waals surface area contributed by atoms with E-state index in [1.165, 1.54) is 18.2 Å². The lowest BCUT2D eigenvalue weighted by molar-refractivity contribution is -0.122. The average molecular weight is 310 g/mol. The fourth-order valence-electron chi connectivity index (χ4n) is 1.74. The first-order valence-corrected chi connectivity index (χ1v) is 7.32. The number of aromatic nitrogens is 4. The number of carbonyl (C=O) groups is 1. The average Bonchev–Trinajstić information content (AvgIpc) is 2.91. The molecule has 1 unspecified atom stereocenters. The minimum Gasteiger partial charge on any atom is -0.479 e. The summed E-state index contributed by atoms with van der Waals surface area (Å²) in [6.45, 7) is 1.60. The van der Waals surface area contributed by atoms with Crippen molar-refractivity contribution >= 4 is 27.6 Å². The number of nitrogens with one attached hydrogen (secondary N) is 3. The molecular weight excluding hydrogens is 300 g/mol. The predicted molar refractivity (Wildman–Crippen MR) is 70.1 cm³/mol. The highest BCUT2D eigenvalue weighted by Crippen LogP contribution is 2.32. The Kier molecular flexibility index (Phi) is 2.97. The lowest BCUT2D eigenvalue weighted by atomic mass is 10.2. The summed E-state index contributed by atoms with van der Waals surface area (Å²) in [6, 6.07) is 4.11. The summed E-state index contributed by atoms with van der Waals surface area (Å²) in [7, 11) is -3.89. The van der Waals surface area contributed by atoms with E-state index in [-0.39, 0.29) is 22.4 Å². The molecule has 2 aromatic rings. The molecule has 0 saturated carbocycles. The van der Waals surface area contributed by atoms with Crippen molar-refractivity contribution in [2.75, 3.05) is 10.0 Å². The minimum atomic E-state index is -3.89. The molecular formula is C10H10N6O4S. The summed E-state index contributed by atoms with van der Waals surface area (Å²) >= 11 is 0. The molecule has 1 amide bonds. The number of H-pyrrole nitrogens is 1. The smallest absolute Gasteiger partial charge is 0.276 e. The van der Waals surface area contributed by atoms with Gasteiger partial charge in [-0.1, -0.05) is 5.10 Å². The van der Waals surface area contributed by atoms with Crippen LogP contribution in [0, 0.1) is 0 Å². The maximum absolute atomic E-state index is 12.1. The Hall–Kier alpha value is -2.69. The molecule has 1 aromatic carbocycles. The number of aromatic amines is 1. The van der Waals surface area contributed by atoms with Gasteiger partial charge in [-0.2, -0.15) is 5.21 Å². The topological polar surface area (TPSA) is 139 Å². The first-order valence-electron chi connectivity index (χ1n) is 5.83. The quantitative estimate of drug-likeness (QED) is 0.708. The fraction of sp³-hybridized carbons (Fsp3) is 0.200. The lowest BCUT2D eigenvalue weighted by Crippen LogP contribution is -2.34. The predicted octanol–water partition coefficient (Wildman–Crippen LogP) is -0.280. The van der Waals surface area contributed by atoms with Crippen molar-refractivity contribution in [3.05, 3.63) is 18.2 Å².